The maximum Gasteiger partial charge on any atom is 0.408 e. The number of ketones is 1. The quantitative estimate of drug-likeness (QED) is 0.213. The molecule has 0 bridgehead atoms. The highest BCUT2D eigenvalue weighted by molar-refractivity contribution is 6.38. The van der Waals surface area contributed by atoms with Gasteiger partial charge in [-0.05, 0) is 48.5 Å². The fraction of sp³-hybridized carbons (Fsp3) is 0.639. The van der Waals surface area contributed by atoms with Crippen molar-refractivity contribution in [2.24, 2.45) is 22.7 Å². The number of benzene rings is 1. The number of hydrogen-bond donors (Lipinski definition) is 4. The van der Waals surface area contributed by atoms with Gasteiger partial charge in [-0.3, -0.25) is 28.8 Å². The van der Waals surface area contributed by atoms with Crippen LogP contribution in [0.2, 0.25) is 0 Å². The van der Waals surface area contributed by atoms with E-state index in [1.807, 2.05) is 13.8 Å². The van der Waals surface area contributed by atoms with Crippen molar-refractivity contribution >= 4 is 41.4 Å². The first-order valence-corrected chi connectivity index (χ1v) is 17.2. The number of likely N-dealkylation sites (N-methyl/N-ethyl adjacent to an activating group) is 1. The Morgan fingerprint density at radius 2 is 1.60 bits per heavy atom. The molecule has 1 aromatic rings. The van der Waals surface area contributed by atoms with Crippen LogP contribution in [0.25, 0.3) is 0 Å². The number of Topliss-reactive ketones (excluding diaryl/α,β-unsaturated/α-hetero) is 1. The number of likely N-dealkylation sites (tertiary alicyclic amines) is 1. The highest BCUT2D eigenvalue weighted by Crippen LogP contribution is 2.65. The number of hydrogen-bond acceptors (Lipinski definition) is 8. The van der Waals surface area contributed by atoms with Crippen LogP contribution >= 0.6 is 0 Å². The summed E-state index contributed by atoms with van der Waals surface area (Å²) < 4.78 is 5.23. The molecule has 276 valence electrons. The van der Waals surface area contributed by atoms with Crippen molar-refractivity contribution in [2.75, 3.05) is 27.2 Å². The summed E-state index contributed by atoms with van der Waals surface area (Å²) >= 11 is 0. The normalized spacial score (nSPS) is 20.8. The number of nitrogens with zero attached hydrogens (tertiary/aromatic N) is 2. The number of fused-ring (bicyclic) bond motifs is 1. The van der Waals surface area contributed by atoms with Crippen molar-refractivity contribution in [3.63, 3.8) is 0 Å². The van der Waals surface area contributed by atoms with Gasteiger partial charge in [0.05, 0.1) is 18.7 Å². The third-order valence-electron chi connectivity index (χ3n) is 9.45. The standard InChI is InChI=1S/C36H54N6O8/c1-11-15-23(28(44)31(46)37-18-24(43)39-26(32(47)41(9)10)21-16-13-12-14-17-21)38-30(45)27-25-22(36(25,7)8)19-42(27)33(48)29(35(4,5)6)40-34(49)50-20(2)3/h12-14,16-17,20,22-23,25-27,29H,11,15,18-19H2,1-10H3,(H,37,46)(H,38,45)(H,39,43)(H,40,49)/t22-,23-,25+,26-,27-,29+/m0/s1. The molecule has 0 unspecified atom stereocenters. The smallest absolute Gasteiger partial charge is 0.408 e. The van der Waals surface area contributed by atoms with E-state index in [2.05, 4.69) is 21.3 Å². The molecular weight excluding hydrogens is 644 g/mol. The highest BCUT2D eigenvalue weighted by Gasteiger charge is 2.70. The van der Waals surface area contributed by atoms with E-state index >= 15 is 0 Å². The van der Waals surface area contributed by atoms with Gasteiger partial charge in [0.1, 0.15) is 18.1 Å². The SMILES string of the molecule is CCC[C@H](NC(=O)[C@@H]1[C@H]2[C@H](CN1C(=O)[C@@H](NC(=O)OC(C)C)C(C)(C)C)C2(C)C)C(=O)C(=O)NCC(=O)N[C@H](C(=O)N(C)C)c1ccccc1. The topological polar surface area (TPSA) is 183 Å². The third-order valence-corrected chi connectivity index (χ3v) is 9.45. The Kier molecular flexibility index (Phi) is 12.8. The Morgan fingerprint density at radius 1 is 0.980 bits per heavy atom. The second-order valence-electron chi connectivity index (χ2n) is 15.3. The zero-order valence-electron chi connectivity index (χ0n) is 30.9. The van der Waals surface area contributed by atoms with E-state index in [-0.39, 0.29) is 29.6 Å². The molecule has 6 amide bonds. The molecule has 2 aliphatic rings. The molecule has 4 N–H and O–H groups in total. The second-order valence-corrected chi connectivity index (χ2v) is 15.3. The van der Waals surface area contributed by atoms with Crippen LogP contribution in [0.15, 0.2) is 30.3 Å². The Labute approximate surface area is 294 Å². The van der Waals surface area contributed by atoms with Crippen LogP contribution in [0.4, 0.5) is 4.79 Å². The molecule has 1 heterocycles. The van der Waals surface area contributed by atoms with Crippen LogP contribution in [0.1, 0.15) is 79.8 Å². The third kappa shape index (κ3) is 9.39. The molecule has 50 heavy (non-hydrogen) atoms. The number of ether oxygens (including phenoxy) is 1. The van der Waals surface area contributed by atoms with Crippen molar-refractivity contribution in [3.05, 3.63) is 35.9 Å². The van der Waals surface area contributed by atoms with E-state index in [9.17, 15) is 33.6 Å². The minimum absolute atomic E-state index is 0.0339. The van der Waals surface area contributed by atoms with Crippen molar-refractivity contribution in [1.82, 2.24) is 31.1 Å². The predicted molar refractivity (Wildman–Crippen MR) is 185 cm³/mol. The summed E-state index contributed by atoms with van der Waals surface area (Å²) in [7, 11) is 3.11. The minimum atomic E-state index is -1.21. The first-order valence-electron chi connectivity index (χ1n) is 17.2. The van der Waals surface area contributed by atoms with Crippen LogP contribution in [0.5, 0.6) is 0 Å². The summed E-state index contributed by atoms with van der Waals surface area (Å²) in [5.41, 5.74) is -0.406. The van der Waals surface area contributed by atoms with Gasteiger partial charge in [-0.25, -0.2) is 4.79 Å². The van der Waals surface area contributed by atoms with Crippen molar-refractivity contribution in [1.29, 1.82) is 0 Å². The predicted octanol–water partition coefficient (Wildman–Crippen LogP) is 1.93. The van der Waals surface area contributed by atoms with Crippen LogP contribution in [0.3, 0.4) is 0 Å². The Hall–Kier alpha value is -4.49. The molecule has 1 aliphatic carbocycles. The molecule has 0 aromatic heterocycles. The lowest BCUT2D eigenvalue weighted by Gasteiger charge is -2.37. The van der Waals surface area contributed by atoms with E-state index in [1.54, 1.807) is 86.0 Å². The van der Waals surface area contributed by atoms with Gasteiger partial charge in [0.15, 0.2) is 0 Å². The molecule has 1 aliphatic heterocycles. The lowest BCUT2D eigenvalue weighted by atomic mass is 9.85. The van der Waals surface area contributed by atoms with Gasteiger partial charge in [-0.15, -0.1) is 0 Å². The molecule has 1 saturated heterocycles. The fourth-order valence-corrected chi connectivity index (χ4v) is 6.62. The monoisotopic (exact) mass is 698 g/mol. The summed E-state index contributed by atoms with van der Waals surface area (Å²) in [6.45, 7) is 14.4. The number of alkyl carbamates (subject to hydrolysis) is 1. The zero-order valence-corrected chi connectivity index (χ0v) is 30.9. The number of rotatable bonds is 14. The molecular formula is C36H54N6O8. The Bertz CT molecular complexity index is 1450. The second kappa shape index (κ2) is 16.0. The fourth-order valence-electron chi connectivity index (χ4n) is 6.62. The van der Waals surface area contributed by atoms with Crippen molar-refractivity contribution in [2.45, 2.75) is 98.5 Å². The number of nitrogens with one attached hydrogen (secondary N) is 4. The van der Waals surface area contributed by atoms with Gasteiger partial charge in [-0.2, -0.15) is 0 Å². The molecule has 1 saturated carbocycles. The van der Waals surface area contributed by atoms with Gasteiger partial charge in [0, 0.05) is 20.6 Å². The largest absolute Gasteiger partial charge is 0.447 e. The van der Waals surface area contributed by atoms with E-state index in [4.69, 9.17) is 4.74 Å². The lowest BCUT2D eigenvalue weighted by Crippen LogP contribution is -2.60. The molecule has 6 atom stereocenters. The lowest BCUT2D eigenvalue weighted by molar-refractivity contribution is -0.145. The summed E-state index contributed by atoms with van der Waals surface area (Å²) in [4.78, 5) is 95.3. The average Bonchev–Trinajstić information content (AvgIpc) is 3.33. The minimum Gasteiger partial charge on any atom is -0.447 e. The maximum atomic E-state index is 14.0. The molecule has 3 rings (SSSR count). The molecule has 14 nitrogen and oxygen atoms in total. The summed E-state index contributed by atoms with van der Waals surface area (Å²) in [5.74, 6) is -4.24. The van der Waals surface area contributed by atoms with Crippen LogP contribution in [0, 0.1) is 22.7 Å². The van der Waals surface area contributed by atoms with Crippen molar-refractivity contribution in [3.8, 4) is 0 Å². The van der Waals surface area contributed by atoms with Crippen LogP contribution in [-0.2, 0) is 33.5 Å². The van der Waals surface area contributed by atoms with Gasteiger partial charge < -0.3 is 35.8 Å². The number of carbonyl (C=O) groups is 7. The van der Waals surface area contributed by atoms with Crippen molar-refractivity contribution < 1.29 is 38.3 Å². The summed E-state index contributed by atoms with van der Waals surface area (Å²) in [6, 6.07) is 4.48. The average molecular weight is 699 g/mol. The van der Waals surface area contributed by atoms with E-state index in [0.717, 1.165) is 0 Å². The van der Waals surface area contributed by atoms with Gasteiger partial charge in [0.2, 0.25) is 29.4 Å². The Balaban J connectivity index is 1.72. The first kappa shape index (κ1) is 39.9. The van der Waals surface area contributed by atoms with E-state index in [0.29, 0.717) is 18.5 Å². The number of carbonyl (C=O) groups excluding carboxylic acids is 7. The molecule has 2 fully saturated rings. The van der Waals surface area contributed by atoms with Crippen LogP contribution in [-0.4, -0.2) is 103 Å². The van der Waals surface area contributed by atoms with E-state index < -0.39 is 77.7 Å². The molecule has 14 heteroatoms. The number of amides is 6. The molecule has 0 radical (unpaired) electrons. The number of piperidine rings is 1. The van der Waals surface area contributed by atoms with Crippen LogP contribution < -0.4 is 21.3 Å². The van der Waals surface area contributed by atoms with Gasteiger partial charge >= 0.3 is 6.09 Å². The first-order chi connectivity index (χ1) is 23.2. The summed E-state index contributed by atoms with van der Waals surface area (Å²) in [6.07, 6.45) is -0.549. The zero-order chi connectivity index (χ0) is 37.7. The maximum absolute atomic E-state index is 14.0. The summed E-state index contributed by atoms with van der Waals surface area (Å²) in [5, 5.41) is 10.3. The molecule has 1 aromatic carbocycles. The highest BCUT2D eigenvalue weighted by atomic mass is 16.6. The van der Waals surface area contributed by atoms with Gasteiger partial charge in [-0.1, -0.05) is 78.3 Å². The molecule has 0 spiro atoms. The van der Waals surface area contributed by atoms with E-state index in [1.165, 1.54) is 9.80 Å². The van der Waals surface area contributed by atoms with Gasteiger partial charge in [0.25, 0.3) is 5.91 Å². The Morgan fingerprint density at radius 3 is 2.14 bits per heavy atom.